The number of hydrogen-bond donors (Lipinski definition) is 1. The predicted molar refractivity (Wildman–Crippen MR) is 83.1 cm³/mol. The van der Waals surface area contributed by atoms with Crippen LogP contribution < -0.4 is 5.32 Å². The molecular weight excluding hydrogens is 324 g/mol. The molecule has 0 aliphatic rings. The highest BCUT2D eigenvalue weighted by Gasteiger charge is 2.05. The normalized spacial score (nSPS) is 10.1. The largest absolute Gasteiger partial charge is 0.354 e. The van der Waals surface area contributed by atoms with E-state index < -0.39 is 0 Å². The minimum Gasteiger partial charge on any atom is -0.354 e. The average Bonchev–Trinajstić information content (AvgIpc) is 2.38. The zero-order valence-corrected chi connectivity index (χ0v) is 12.9. The molecule has 0 saturated heterocycles. The maximum absolute atomic E-state index is 8.81. The standard InChI is InChI=1S/C15H12BrClN2/c1-9-5-12(6-10(2)15(9)16)19-14-4-3-11(8-18)7-13(14)17/h3-7,19H,1-2H3. The molecule has 0 aromatic heterocycles. The summed E-state index contributed by atoms with van der Waals surface area (Å²) < 4.78 is 1.11. The van der Waals surface area contributed by atoms with Crippen LogP contribution in [-0.2, 0) is 0 Å². The molecule has 0 saturated carbocycles. The molecule has 1 N–H and O–H groups in total. The zero-order chi connectivity index (χ0) is 14.0. The first-order chi connectivity index (χ1) is 9.01. The molecule has 0 atom stereocenters. The number of benzene rings is 2. The Labute approximate surface area is 126 Å². The summed E-state index contributed by atoms with van der Waals surface area (Å²) in [6.07, 6.45) is 0. The van der Waals surface area contributed by atoms with Crippen molar-refractivity contribution in [3.05, 3.63) is 56.5 Å². The van der Waals surface area contributed by atoms with E-state index in [1.54, 1.807) is 12.1 Å². The van der Waals surface area contributed by atoms with Gasteiger partial charge in [-0.15, -0.1) is 0 Å². The molecule has 0 fully saturated rings. The minimum absolute atomic E-state index is 0.539. The summed E-state index contributed by atoms with van der Waals surface area (Å²) in [6.45, 7) is 4.09. The molecular formula is C15H12BrClN2. The van der Waals surface area contributed by atoms with Crippen LogP contribution in [0.4, 0.5) is 11.4 Å². The molecule has 4 heteroatoms. The maximum Gasteiger partial charge on any atom is 0.0992 e. The summed E-state index contributed by atoms with van der Waals surface area (Å²) in [7, 11) is 0. The molecule has 0 heterocycles. The molecule has 2 rings (SSSR count). The van der Waals surface area contributed by atoms with Gasteiger partial charge < -0.3 is 5.32 Å². The van der Waals surface area contributed by atoms with Crippen molar-refractivity contribution in [1.29, 1.82) is 5.26 Å². The average molecular weight is 336 g/mol. The Morgan fingerprint density at radius 2 is 1.79 bits per heavy atom. The van der Waals surface area contributed by atoms with Gasteiger partial charge >= 0.3 is 0 Å². The molecule has 0 spiro atoms. The molecule has 0 amide bonds. The van der Waals surface area contributed by atoms with Crippen molar-refractivity contribution < 1.29 is 0 Å². The quantitative estimate of drug-likeness (QED) is 0.804. The third-order valence-corrected chi connectivity index (χ3v) is 4.38. The summed E-state index contributed by atoms with van der Waals surface area (Å²) in [5, 5.41) is 12.6. The van der Waals surface area contributed by atoms with Crippen molar-refractivity contribution in [3.8, 4) is 6.07 Å². The van der Waals surface area contributed by atoms with Crippen LogP contribution in [-0.4, -0.2) is 0 Å². The van der Waals surface area contributed by atoms with Gasteiger partial charge in [0, 0.05) is 10.2 Å². The lowest BCUT2D eigenvalue weighted by atomic mass is 10.1. The highest BCUT2D eigenvalue weighted by Crippen LogP contribution is 2.30. The fourth-order valence-electron chi connectivity index (χ4n) is 1.86. The summed E-state index contributed by atoms with van der Waals surface area (Å²) in [5.41, 5.74) is 4.64. The number of rotatable bonds is 2. The Morgan fingerprint density at radius 1 is 1.16 bits per heavy atom. The Hall–Kier alpha value is -1.50. The smallest absolute Gasteiger partial charge is 0.0992 e. The van der Waals surface area contributed by atoms with E-state index in [-0.39, 0.29) is 0 Å². The zero-order valence-electron chi connectivity index (χ0n) is 10.6. The minimum atomic E-state index is 0.539. The highest BCUT2D eigenvalue weighted by molar-refractivity contribution is 9.10. The SMILES string of the molecule is Cc1cc(Nc2ccc(C#N)cc2Cl)cc(C)c1Br. The van der Waals surface area contributed by atoms with Gasteiger partial charge in [0.2, 0.25) is 0 Å². The summed E-state index contributed by atoms with van der Waals surface area (Å²) in [5.74, 6) is 0. The second-order valence-corrected chi connectivity index (χ2v) is 5.56. The van der Waals surface area contributed by atoms with E-state index in [4.69, 9.17) is 16.9 Å². The van der Waals surface area contributed by atoms with Crippen molar-refractivity contribution in [2.45, 2.75) is 13.8 Å². The summed E-state index contributed by atoms with van der Waals surface area (Å²) >= 11 is 9.69. The molecule has 2 nitrogen and oxygen atoms in total. The van der Waals surface area contributed by atoms with Crippen molar-refractivity contribution >= 4 is 38.9 Å². The van der Waals surface area contributed by atoms with Crippen LogP contribution in [0, 0.1) is 25.2 Å². The first-order valence-corrected chi connectivity index (χ1v) is 6.92. The van der Waals surface area contributed by atoms with Crippen molar-refractivity contribution in [2.24, 2.45) is 0 Å². The first kappa shape index (κ1) is 13.9. The van der Waals surface area contributed by atoms with E-state index in [2.05, 4.69) is 27.3 Å². The van der Waals surface area contributed by atoms with Gasteiger partial charge in [-0.2, -0.15) is 5.26 Å². The molecule has 2 aromatic carbocycles. The summed E-state index contributed by atoms with van der Waals surface area (Å²) in [4.78, 5) is 0. The lowest BCUT2D eigenvalue weighted by Crippen LogP contribution is -1.94. The van der Waals surface area contributed by atoms with Gasteiger partial charge in [0.1, 0.15) is 0 Å². The number of nitrogens with zero attached hydrogens (tertiary/aromatic N) is 1. The van der Waals surface area contributed by atoms with Crippen LogP contribution in [0.5, 0.6) is 0 Å². The van der Waals surface area contributed by atoms with Gasteiger partial charge in [0.15, 0.2) is 0 Å². The van der Waals surface area contributed by atoms with Gasteiger partial charge in [-0.05, 0) is 55.3 Å². The van der Waals surface area contributed by atoms with Crippen LogP contribution in [0.25, 0.3) is 0 Å². The Bertz CT molecular complexity index is 651. The monoisotopic (exact) mass is 334 g/mol. The number of nitrogens with one attached hydrogen (secondary N) is 1. The molecule has 2 aromatic rings. The molecule has 0 radical (unpaired) electrons. The van der Waals surface area contributed by atoms with E-state index >= 15 is 0 Å². The first-order valence-electron chi connectivity index (χ1n) is 5.74. The Balaban J connectivity index is 2.34. The van der Waals surface area contributed by atoms with E-state index in [1.165, 1.54) is 0 Å². The van der Waals surface area contributed by atoms with E-state index in [1.807, 2.05) is 32.0 Å². The molecule has 0 aliphatic carbocycles. The molecule has 96 valence electrons. The number of hydrogen-bond acceptors (Lipinski definition) is 2. The number of halogens is 2. The lowest BCUT2D eigenvalue weighted by Gasteiger charge is -2.12. The lowest BCUT2D eigenvalue weighted by molar-refractivity contribution is 1.33. The molecule has 0 bridgehead atoms. The van der Waals surface area contributed by atoms with Crippen molar-refractivity contribution in [2.75, 3.05) is 5.32 Å². The predicted octanol–water partition coefficient (Wildman–Crippen LogP) is 5.33. The Kier molecular flexibility index (Phi) is 4.14. The van der Waals surface area contributed by atoms with Gasteiger partial charge in [-0.25, -0.2) is 0 Å². The number of aryl methyl sites for hydroxylation is 2. The van der Waals surface area contributed by atoms with Gasteiger partial charge in [-0.1, -0.05) is 27.5 Å². The highest BCUT2D eigenvalue weighted by atomic mass is 79.9. The van der Waals surface area contributed by atoms with Crippen LogP contribution in [0.2, 0.25) is 5.02 Å². The molecule has 0 aliphatic heterocycles. The second kappa shape index (κ2) is 5.64. The second-order valence-electron chi connectivity index (χ2n) is 4.36. The van der Waals surface area contributed by atoms with Crippen molar-refractivity contribution in [1.82, 2.24) is 0 Å². The fraction of sp³-hybridized carbons (Fsp3) is 0.133. The van der Waals surface area contributed by atoms with Crippen LogP contribution in [0.15, 0.2) is 34.8 Å². The maximum atomic E-state index is 8.81. The topological polar surface area (TPSA) is 35.8 Å². The third kappa shape index (κ3) is 3.09. The Morgan fingerprint density at radius 3 is 2.32 bits per heavy atom. The summed E-state index contributed by atoms with van der Waals surface area (Å²) in [6, 6.07) is 11.4. The van der Waals surface area contributed by atoms with E-state index in [9.17, 15) is 0 Å². The molecule has 19 heavy (non-hydrogen) atoms. The van der Waals surface area contributed by atoms with Crippen LogP contribution in [0.1, 0.15) is 16.7 Å². The number of nitriles is 1. The van der Waals surface area contributed by atoms with Gasteiger partial charge in [0.25, 0.3) is 0 Å². The third-order valence-electron chi connectivity index (χ3n) is 2.81. The van der Waals surface area contributed by atoms with Crippen LogP contribution in [0.3, 0.4) is 0 Å². The van der Waals surface area contributed by atoms with Crippen LogP contribution >= 0.6 is 27.5 Å². The van der Waals surface area contributed by atoms with Crippen molar-refractivity contribution in [3.63, 3.8) is 0 Å². The van der Waals surface area contributed by atoms with Gasteiger partial charge in [-0.3, -0.25) is 0 Å². The fourth-order valence-corrected chi connectivity index (χ4v) is 2.32. The number of anilines is 2. The van der Waals surface area contributed by atoms with Gasteiger partial charge in [0.05, 0.1) is 22.3 Å². The molecule has 0 unspecified atom stereocenters. The van der Waals surface area contributed by atoms with E-state index in [0.717, 1.165) is 27.0 Å². The van der Waals surface area contributed by atoms with E-state index in [0.29, 0.717) is 10.6 Å².